The second-order valence-electron chi connectivity index (χ2n) is 14.2. The molecular weight excluding hydrogens is 699 g/mol. The Labute approximate surface area is 328 Å². The minimum Gasteiger partial charge on any atom is -0.309 e. The molecule has 8 aromatic carbocycles. The number of fused-ring (bicyclic) bond motifs is 6. The predicted octanol–water partition coefficient (Wildman–Crippen LogP) is 14.3. The molecule has 262 valence electrons. The lowest BCUT2D eigenvalue weighted by Gasteiger charge is -2.11. The van der Waals surface area contributed by atoms with E-state index in [1.54, 1.807) is 11.3 Å². The third-order valence-corrected chi connectivity index (χ3v) is 12.0. The first-order valence-corrected chi connectivity index (χ1v) is 19.7. The summed E-state index contributed by atoms with van der Waals surface area (Å²) in [6.07, 6.45) is 0. The quantitative estimate of drug-likeness (QED) is 0.170. The molecule has 0 saturated carbocycles. The molecule has 0 fully saturated rings. The van der Waals surface area contributed by atoms with Crippen molar-refractivity contribution in [3.63, 3.8) is 0 Å². The van der Waals surface area contributed by atoms with E-state index < -0.39 is 0 Å². The summed E-state index contributed by atoms with van der Waals surface area (Å²) in [7, 11) is 0. The molecule has 0 N–H and O–H groups in total. The van der Waals surface area contributed by atoms with Crippen LogP contribution in [0.3, 0.4) is 0 Å². The molecule has 0 spiro atoms. The van der Waals surface area contributed by atoms with Crippen LogP contribution in [-0.4, -0.2) is 14.5 Å². The van der Waals surface area contributed by atoms with E-state index >= 15 is 0 Å². The largest absolute Gasteiger partial charge is 0.309 e. The van der Waals surface area contributed by atoms with E-state index in [0.29, 0.717) is 0 Å². The van der Waals surface area contributed by atoms with E-state index in [9.17, 15) is 0 Å². The molecule has 11 aromatic rings. The van der Waals surface area contributed by atoms with Crippen LogP contribution in [0.1, 0.15) is 0 Å². The summed E-state index contributed by atoms with van der Waals surface area (Å²) >= 11 is 1.76. The van der Waals surface area contributed by atoms with E-state index in [4.69, 9.17) is 9.97 Å². The van der Waals surface area contributed by atoms with Gasteiger partial charge in [0.05, 0.1) is 26.9 Å². The molecule has 0 amide bonds. The molecule has 4 heteroatoms. The number of aromatic nitrogens is 3. The minimum absolute atomic E-state index is 0.723. The van der Waals surface area contributed by atoms with Crippen molar-refractivity contribution in [1.82, 2.24) is 14.5 Å². The van der Waals surface area contributed by atoms with Crippen LogP contribution in [0.4, 0.5) is 0 Å². The second kappa shape index (κ2) is 13.3. The highest BCUT2D eigenvalue weighted by molar-refractivity contribution is 7.26. The lowest BCUT2D eigenvalue weighted by atomic mass is 9.96. The van der Waals surface area contributed by atoms with Gasteiger partial charge in [0.25, 0.3) is 0 Å². The highest BCUT2D eigenvalue weighted by Gasteiger charge is 2.20. The fraction of sp³-hybridized carbons (Fsp3) is 0. The van der Waals surface area contributed by atoms with Crippen LogP contribution in [0.15, 0.2) is 200 Å². The summed E-state index contributed by atoms with van der Waals surface area (Å²) in [5, 5.41) is 3.58. The molecule has 0 atom stereocenters. The first-order valence-electron chi connectivity index (χ1n) is 18.9. The lowest BCUT2D eigenvalue weighted by Crippen LogP contribution is -1.95. The fourth-order valence-electron chi connectivity index (χ4n) is 8.19. The minimum atomic E-state index is 0.723. The first-order chi connectivity index (χ1) is 27.8. The van der Waals surface area contributed by atoms with Crippen LogP contribution in [0.5, 0.6) is 0 Å². The molecule has 11 rings (SSSR count). The smallest absolute Gasteiger partial charge is 0.160 e. The molecule has 0 radical (unpaired) electrons. The van der Waals surface area contributed by atoms with E-state index in [0.717, 1.165) is 55.0 Å². The Morgan fingerprint density at radius 1 is 0.393 bits per heavy atom. The fourth-order valence-corrected chi connectivity index (χ4v) is 9.35. The van der Waals surface area contributed by atoms with Gasteiger partial charge in [-0.25, -0.2) is 9.97 Å². The third-order valence-electron chi connectivity index (χ3n) is 10.8. The molecular formula is C52H33N3S. The van der Waals surface area contributed by atoms with Gasteiger partial charge in [0.15, 0.2) is 5.82 Å². The molecule has 3 heterocycles. The summed E-state index contributed by atoms with van der Waals surface area (Å²) in [6, 6.07) is 71.5. The van der Waals surface area contributed by atoms with E-state index in [1.807, 2.05) is 0 Å². The first kappa shape index (κ1) is 32.3. The highest BCUT2D eigenvalue weighted by atomic mass is 32.1. The summed E-state index contributed by atoms with van der Waals surface area (Å²) in [6.45, 7) is 0. The molecule has 0 saturated heterocycles. The zero-order valence-electron chi connectivity index (χ0n) is 30.3. The average Bonchev–Trinajstić information content (AvgIpc) is 3.83. The number of hydrogen-bond acceptors (Lipinski definition) is 3. The van der Waals surface area contributed by atoms with Crippen LogP contribution in [0, 0.1) is 0 Å². The van der Waals surface area contributed by atoms with Crippen molar-refractivity contribution >= 4 is 53.4 Å². The van der Waals surface area contributed by atoms with Gasteiger partial charge in [0.2, 0.25) is 0 Å². The number of thiophene rings is 1. The topological polar surface area (TPSA) is 30.7 Å². The normalized spacial score (nSPS) is 11.6. The standard InChI is InChI=1S/C52H33N3S/c1-4-15-34(16-5-1)37-21-13-24-41(32-37)55-45-30-29-38(35-17-6-2-7-18-35)33-44(45)48-42(26-14-27-46(48)55)39-22-12-23-40(31-39)52-53-49(36-19-8-3-9-20-36)51-50(54-52)43-25-10-11-28-47(43)56-51/h1-33H. The van der Waals surface area contributed by atoms with Gasteiger partial charge < -0.3 is 4.57 Å². The van der Waals surface area contributed by atoms with Crippen LogP contribution in [0.2, 0.25) is 0 Å². The Bertz CT molecular complexity index is 3240. The third kappa shape index (κ3) is 5.42. The molecule has 3 aromatic heterocycles. The van der Waals surface area contributed by atoms with Crippen molar-refractivity contribution in [3.05, 3.63) is 200 Å². The van der Waals surface area contributed by atoms with Crippen molar-refractivity contribution in [3.8, 4) is 61.7 Å². The van der Waals surface area contributed by atoms with Gasteiger partial charge >= 0.3 is 0 Å². The summed E-state index contributed by atoms with van der Waals surface area (Å²) in [4.78, 5) is 10.6. The number of nitrogens with zero attached hydrogens (tertiary/aromatic N) is 3. The van der Waals surface area contributed by atoms with Gasteiger partial charge in [0, 0.05) is 37.7 Å². The van der Waals surface area contributed by atoms with Gasteiger partial charge in [-0.1, -0.05) is 158 Å². The van der Waals surface area contributed by atoms with E-state index in [-0.39, 0.29) is 0 Å². The van der Waals surface area contributed by atoms with E-state index in [2.05, 4.69) is 205 Å². The zero-order valence-corrected chi connectivity index (χ0v) is 31.1. The second-order valence-corrected chi connectivity index (χ2v) is 15.2. The van der Waals surface area contributed by atoms with Crippen molar-refractivity contribution in [1.29, 1.82) is 0 Å². The van der Waals surface area contributed by atoms with E-state index in [1.165, 1.54) is 48.8 Å². The van der Waals surface area contributed by atoms with Gasteiger partial charge in [-0.15, -0.1) is 11.3 Å². The Hall–Kier alpha value is -7.14. The van der Waals surface area contributed by atoms with Crippen molar-refractivity contribution < 1.29 is 0 Å². The number of rotatable bonds is 6. The lowest BCUT2D eigenvalue weighted by molar-refractivity contribution is 1.18. The van der Waals surface area contributed by atoms with Crippen LogP contribution >= 0.6 is 11.3 Å². The molecule has 0 unspecified atom stereocenters. The molecule has 0 aliphatic rings. The number of hydrogen-bond donors (Lipinski definition) is 0. The summed E-state index contributed by atoms with van der Waals surface area (Å²) in [5.74, 6) is 0.723. The Morgan fingerprint density at radius 3 is 1.80 bits per heavy atom. The van der Waals surface area contributed by atoms with Crippen molar-refractivity contribution in [2.75, 3.05) is 0 Å². The highest BCUT2D eigenvalue weighted by Crippen LogP contribution is 2.43. The molecule has 56 heavy (non-hydrogen) atoms. The average molecular weight is 732 g/mol. The number of benzene rings is 8. The van der Waals surface area contributed by atoms with Crippen molar-refractivity contribution in [2.24, 2.45) is 0 Å². The monoisotopic (exact) mass is 731 g/mol. The molecule has 0 aliphatic heterocycles. The molecule has 0 aliphatic carbocycles. The van der Waals surface area contributed by atoms with Crippen LogP contribution in [0.25, 0.3) is 104 Å². The Morgan fingerprint density at radius 2 is 1.02 bits per heavy atom. The van der Waals surface area contributed by atoms with Crippen LogP contribution < -0.4 is 0 Å². The molecule has 0 bridgehead atoms. The summed E-state index contributed by atoms with van der Waals surface area (Å²) < 4.78 is 4.75. The van der Waals surface area contributed by atoms with Crippen LogP contribution in [-0.2, 0) is 0 Å². The Balaban J connectivity index is 1.14. The SMILES string of the molecule is c1ccc(-c2cccc(-n3c4ccc(-c5ccccc5)cc4c4c(-c5cccc(-c6nc(-c7ccccc7)c7sc8ccccc8c7n6)c5)cccc43)c2)cc1. The van der Waals surface area contributed by atoms with Gasteiger partial charge in [-0.05, 0) is 75.8 Å². The zero-order chi connectivity index (χ0) is 37.0. The predicted molar refractivity (Wildman–Crippen MR) is 236 cm³/mol. The van der Waals surface area contributed by atoms with Crippen molar-refractivity contribution in [2.45, 2.75) is 0 Å². The maximum Gasteiger partial charge on any atom is 0.160 e. The molecule has 3 nitrogen and oxygen atoms in total. The maximum atomic E-state index is 5.30. The van der Waals surface area contributed by atoms with Gasteiger partial charge in [-0.3, -0.25) is 0 Å². The van der Waals surface area contributed by atoms with Gasteiger partial charge in [-0.2, -0.15) is 0 Å². The summed E-state index contributed by atoms with van der Waals surface area (Å²) in [5.41, 5.74) is 14.6. The Kier molecular flexibility index (Phi) is 7.68. The maximum absolute atomic E-state index is 5.30. The van der Waals surface area contributed by atoms with Gasteiger partial charge in [0.1, 0.15) is 0 Å².